The van der Waals surface area contributed by atoms with Crippen molar-refractivity contribution in [1.82, 2.24) is 0 Å². The molecule has 0 aliphatic heterocycles. The van der Waals surface area contributed by atoms with E-state index < -0.39 is 0 Å². The first-order chi connectivity index (χ1) is 10.9. The Morgan fingerprint density at radius 2 is 1.30 bits per heavy atom. The number of anilines is 2. The topological polar surface area (TPSA) is 3.24 Å². The van der Waals surface area contributed by atoms with E-state index in [2.05, 4.69) is 74.3 Å². The van der Waals surface area contributed by atoms with Crippen molar-refractivity contribution in [2.45, 2.75) is 44.8 Å². The van der Waals surface area contributed by atoms with Crippen LogP contribution in [0.1, 0.15) is 45.1 Å². The summed E-state index contributed by atoms with van der Waals surface area (Å²) in [4.78, 5) is 2.21. The Morgan fingerprint density at radius 1 is 0.783 bits per heavy atom. The quantitative estimate of drug-likeness (QED) is 0.684. The molecular formula is C21H26BN. The lowest BCUT2D eigenvalue weighted by molar-refractivity contribution is 0.206. The maximum Gasteiger partial charge on any atom is 0.0810 e. The summed E-state index contributed by atoms with van der Waals surface area (Å²) in [5, 5.41) is -0.153. The van der Waals surface area contributed by atoms with Crippen molar-refractivity contribution >= 4 is 19.2 Å². The first-order valence-corrected chi connectivity index (χ1v) is 8.58. The second-order valence-corrected chi connectivity index (χ2v) is 7.76. The van der Waals surface area contributed by atoms with Gasteiger partial charge in [0, 0.05) is 18.4 Å². The van der Waals surface area contributed by atoms with Crippen LogP contribution in [-0.2, 0) is 5.31 Å². The van der Waals surface area contributed by atoms with E-state index in [1.165, 1.54) is 29.8 Å². The van der Waals surface area contributed by atoms with E-state index in [1.54, 1.807) is 0 Å². The largest absolute Gasteiger partial charge is 0.345 e. The molecule has 0 saturated heterocycles. The highest BCUT2D eigenvalue weighted by Crippen LogP contribution is 2.45. The van der Waals surface area contributed by atoms with Crippen molar-refractivity contribution in [3.8, 4) is 0 Å². The summed E-state index contributed by atoms with van der Waals surface area (Å²) in [5.41, 5.74) is 4.11. The molecule has 0 N–H and O–H groups in total. The fraction of sp³-hybridized carbons (Fsp3) is 0.429. The van der Waals surface area contributed by atoms with Gasteiger partial charge < -0.3 is 4.90 Å². The van der Waals surface area contributed by atoms with E-state index in [1.807, 2.05) is 6.07 Å². The number of benzene rings is 2. The first-order valence-electron chi connectivity index (χ1n) is 8.58. The van der Waals surface area contributed by atoms with Crippen molar-refractivity contribution in [3.63, 3.8) is 0 Å². The van der Waals surface area contributed by atoms with Crippen molar-refractivity contribution in [1.29, 1.82) is 0 Å². The van der Waals surface area contributed by atoms with E-state index in [4.69, 9.17) is 7.85 Å². The first kappa shape index (κ1) is 16.2. The standard InChI is InChI=1S/C21H26BN/c1-20(2)13-15-21(22,16-14-20)17-9-11-19(12-10-17)23(3)18-7-5-4-6-8-18/h4-12H,13-16H2,1-3H3. The molecule has 118 valence electrons. The van der Waals surface area contributed by atoms with Gasteiger partial charge in [-0.15, -0.1) is 0 Å². The summed E-state index contributed by atoms with van der Waals surface area (Å²) in [6.45, 7) is 4.70. The molecule has 2 aromatic carbocycles. The maximum absolute atomic E-state index is 6.73. The van der Waals surface area contributed by atoms with Crippen LogP contribution in [0.5, 0.6) is 0 Å². The summed E-state index contributed by atoms with van der Waals surface area (Å²) in [6, 6.07) is 19.2. The van der Waals surface area contributed by atoms with Gasteiger partial charge in [0.25, 0.3) is 0 Å². The van der Waals surface area contributed by atoms with Crippen LogP contribution in [0.15, 0.2) is 54.6 Å². The van der Waals surface area contributed by atoms with E-state index in [0.717, 1.165) is 12.8 Å². The predicted molar refractivity (Wildman–Crippen MR) is 101 cm³/mol. The summed E-state index contributed by atoms with van der Waals surface area (Å²) in [6.07, 6.45) is 4.56. The zero-order chi connectivity index (χ0) is 16.5. The molecule has 1 nitrogen and oxygen atoms in total. The van der Waals surface area contributed by atoms with Gasteiger partial charge in [0.15, 0.2) is 0 Å². The van der Waals surface area contributed by atoms with Gasteiger partial charge >= 0.3 is 0 Å². The van der Waals surface area contributed by atoms with E-state index in [-0.39, 0.29) is 5.31 Å². The van der Waals surface area contributed by atoms with Gasteiger partial charge in [-0.25, -0.2) is 0 Å². The van der Waals surface area contributed by atoms with Gasteiger partial charge in [-0.3, -0.25) is 0 Å². The third-order valence-corrected chi connectivity index (χ3v) is 5.47. The molecule has 0 amide bonds. The van der Waals surface area contributed by atoms with Crippen LogP contribution in [-0.4, -0.2) is 14.9 Å². The maximum atomic E-state index is 6.73. The van der Waals surface area contributed by atoms with Gasteiger partial charge in [-0.1, -0.05) is 62.6 Å². The zero-order valence-electron chi connectivity index (χ0n) is 14.5. The van der Waals surface area contributed by atoms with Crippen LogP contribution in [0.4, 0.5) is 11.4 Å². The lowest BCUT2D eigenvalue weighted by Gasteiger charge is -2.42. The van der Waals surface area contributed by atoms with E-state index in [0.29, 0.717) is 5.41 Å². The van der Waals surface area contributed by atoms with Crippen molar-refractivity contribution in [3.05, 3.63) is 60.2 Å². The lowest BCUT2D eigenvalue weighted by atomic mass is 9.53. The highest BCUT2D eigenvalue weighted by Gasteiger charge is 2.35. The number of rotatable bonds is 3. The average molecular weight is 303 g/mol. The van der Waals surface area contributed by atoms with Crippen LogP contribution >= 0.6 is 0 Å². The Morgan fingerprint density at radius 3 is 1.87 bits per heavy atom. The summed E-state index contributed by atoms with van der Waals surface area (Å²) < 4.78 is 0. The Bertz CT molecular complexity index is 635. The van der Waals surface area contributed by atoms with Crippen LogP contribution in [0.3, 0.4) is 0 Å². The van der Waals surface area contributed by atoms with Crippen LogP contribution in [0.25, 0.3) is 0 Å². The van der Waals surface area contributed by atoms with Crippen molar-refractivity contribution in [2.75, 3.05) is 11.9 Å². The third kappa shape index (κ3) is 3.47. The molecule has 3 rings (SSSR count). The second kappa shape index (κ2) is 6.07. The average Bonchev–Trinajstić information content (AvgIpc) is 2.58. The SMILES string of the molecule is [B]C1(c2ccc(N(C)c3ccccc3)cc2)CCC(C)(C)CC1. The molecule has 2 heteroatoms. The molecule has 1 fully saturated rings. The molecule has 1 saturated carbocycles. The van der Waals surface area contributed by atoms with Crippen LogP contribution in [0.2, 0.25) is 0 Å². The zero-order valence-corrected chi connectivity index (χ0v) is 14.5. The van der Waals surface area contributed by atoms with E-state index in [9.17, 15) is 0 Å². The third-order valence-electron chi connectivity index (χ3n) is 5.47. The molecule has 1 aliphatic carbocycles. The summed E-state index contributed by atoms with van der Waals surface area (Å²) in [7, 11) is 8.83. The number of hydrogen-bond acceptors (Lipinski definition) is 1. The lowest BCUT2D eigenvalue weighted by Crippen LogP contribution is -2.35. The van der Waals surface area contributed by atoms with E-state index >= 15 is 0 Å². The normalized spacial score (nSPS) is 19.3. The fourth-order valence-corrected chi connectivity index (χ4v) is 3.48. The molecular weight excluding hydrogens is 277 g/mol. The molecule has 23 heavy (non-hydrogen) atoms. The van der Waals surface area contributed by atoms with Gasteiger partial charge in [0.1, 0.15) is 0 Å². The highest BCUT2D eigenvalue weighted by atomic mass is 15.1. The van der Waals surface area contributed by atoms with Crippen molar-refractivity contribution in [2.24, 2.45) is 5.41 Å². The van der Waals surface area contributed by atoms with Gasteiger partial charge in [0.2, 0.25) is 0 Å². The molecule has 2 aromatic rings. The van der Waals surface area contributed by atoms with Crippen molar-refractivity contribution < 1.29 is 0 Å². The Balaban J connectivity index is 1.77. The van der Waals surface area contributed by atoms with Gasteiger partial charge in [0.05, 0.1) is 7.85 Å². The summed E-state index contributed by atoms with van der Waals surface area (Å²) >= 11 is 0. The minimum Gasteiger partial charge on any atom is -0.345 e. The minimum atomic E-state index is -0.153. The minimum absolute atomic E-state index is 0.153. The molecule has 0 bridgehead atoms. The monoisotopic (exact) mass is 303 g/mol. The predicted octanol–water partition coefficient (Wildman–Crippen LogP) is 5.42. The second-order valence-electron chi connectivity index (χ2n) is 7.76. The molecule has 1 aliphatic rings. The highest BCUT2D eigenvalue weighted by molar-refractivity contribution is 6.16. The molecule has 0 unspecified atom stereocenters. The number of para-hydroxylation sites is 1. The van der Waals surface area contributed by atoms with Crippen LogP contribution in [0, 0.1) is 5.41 Å². The Hall–Kier alpha value is -1.70. The van der Waals surface area contributed by atoms with Gasteiger partial charge in [-0.2, -0.15) is 0 Å². The smallest absolute Gasteiger partial charge is 0.0810 e. The molecule has 0 aromatic heterocycles. The fourth-order valence-electron chi connectivity index (χ4n) is 3.48. The molecule has 0 heterocycles. The Kier molecular flexibility index (Phi) is 4.27. The molecule has 0 atom stereocenters. The Labute approximate surface area is 142 Å². The number of nitrogens with zero attached hydrogens (tertiary/aromatic N) is 1. The molecule has 2 radical (unpaired) electrons. The number of hydrogen-bond donors (Lipinski definition) is 0. The van der Waals surface area contributed by atoms with Gasteiger partial charge in [-0.05, 0) is 47.8 Å². The van der Waals surface area contributed by atoms with Crippen LogP contribution < -0.4 is 4.90 Å². The molecule has 0 spiro atoms. The summed E-state index contributed by atoms with van der Waals surface area (Å²) in [5.74, 6) is 0.